The molecule has 5 nitrogen and oxygen atoms in total. The summed E-state index contributed by atoms with van der Waals surface area (Å²) in [4.78, 5) is 11.6. The maximum absolute atomic E-state index is 11.6. The van der Waals surface area contributed by atoms with Gasteiger partial charge in [-0.15, -0.1) is 0 Å². The van der Waals surface area contributed by atoms with Crippen molar-refractivity contribution in [1.82, 2.24) is 5.32 Å². The lowest BCUT2D eigenvalue weighted by Crippen LogP contribution is -2.24. The third-order valence-corrected chi connectivity index (χ3v) is 3.13. The van der Waals surface area contributed by atoms with Crippen LogP contribution >= 0.6 is 0 Å². The van der Waals surface area contributed by atoms with Gasteiger partial charge in [-0.25, -0.2) is 4.79 Å². The zero-order chi connectivity index (χ0) is 16.5. The monoisotopic (exact) mass is 312 g/mol. The van der Waals surface area contributed by atoms with Gasteiger partial charge in [-0.3, -0.25) is 0 Å². The number of ether oxygens (including phenoxy) is 2. The van der Waals surface area contributed by atoms with Gasteiger partial charge in [0.1, 0.15) is 12.4 Å². The Kier molecular flexibility index (Phi) is 6.06. The topological polar surface area (TPSA) is 73.6 Å². The molecular weight excluding hydrogens is 292 g/mol. The van der Waals surface area contributed by atoms with Crippen LogP contribution in [0.3, 0.4) is 0 Å². The van der Waals surface area contributed by atoms with Gasteiger partial charge in [-0.2, -0.15) is 0 Å². The summed E-state index contributed by atoms with van der Waals surface area (Å²) in [5, 5.41) is 2.66. The van der Waals surface area contributed by atoms with Gasteiger partial charge >= 0.3 is 6.09 Å². The van der Waals surface area contributed by atoms with Crippen LogP contribution in [0.15, 0.2) is 54.6 Å². The number of alkyl carbamates (subject to hydrolysis) is 1. The summed E-state index contributed by atoms with van der Waals surface area (Å²) in [6.45, 7) is 0.614. The highest BCUT2D eigenvalue weighted by Crippen LogP contribution is 2.22. The number of hydrogen-bond donors (Lipinski definition) is 2. The van der Waals surface area contributed by atoms with Crippen molar-refractivity contribution in [2.75, 3.05) is 19.4 Å². The van der Waals surface area contributed by atoms with E-state index in [1.807, 2.05) is 48.6 Å². The van der Waals surface area contributed by atoms with Crippen molar-refractivity contribution in [3.63, 3.8) is 0 Å². The molecule has 0 fully saturated rings. The molecule has 0 radical (unpaired) electrons. The molecule has 5 heteroatoms. The molecule has 0 unspecified atom stereocenters. The van der Waals surface area contributed by atoms with Gasteiger partial charge in [0.15, 0.2) is 0 Å². The summed E-state index contributed by atoms with van der Waals surface area (Å²) in [5.74, 6) is 0.688. The second-order valence-electron chi connectivity index (χ2n) is 4.85. The largest absolute Gasteiger partial charge is 0.496 e. The third-order valence-electron chi connectivity index (χ3n) is 3.13. The first-order valence-corrected chi connectivity index (χ1v) is 7.23. The maximum Gasteiger partial charge on any atom is 0.407 e. The molecule has 120 valence electrons. The molecule has 0 aliphatic heterocycles. The summed E-state index contributed by atoms with van der Waals surface area (Å²) in [6, 6.07) is 14.9. The average Bonchev–Trinajstić information content (AvgIpc) is 2.58. The standard InChI is InChI=1S/C18H20N2O3/c1-22-17-12-16(19)10-9-15(17)8-5-11-20-18(21)23-13-14-6-3-2-4-7-14/h2-10,12H,11,13,19H2,1H3,(H,20,21). The molecule has 2 aromatic carbocycles. The van der Waals surface area contributed by atoms with Crippen molar-refractivity contribution >= 4 is 17.9 Å². The molecule has 0 bridgehead atoms. The first kappa shape index (κ1) is 16.4. The van der Waals surface area contributed by atoms with E-state index in [9.17, 15) is 4.79 Å². The Hall–Kier alpha value is -2.95. The van der Waals surface area contributed by atoms with Gasteiger partial charge in [0.2, 0.25) is 0 Å². The van der Waals surface area contributed by atoms with E-state index in [-0.39, 0.29) is 6.61 Å². The highest BCUT2D eigenvalue weighted by molar-refractivity contribution is 5.68. The quantitative estimate of drug-likeness (QED) is 0.803. The van der Waals surface area contributed by atoms with Crippen LogP contribution in [0.25, 0.3) is 6.08 Å². The Labute approximate surface area is 135 Å². The molecule has 23 heavy (non-hydrogen) atoms. The number of hydrogen-bond acceptors (Lipinski definition) is 4. The van der Waals surface area contributed by atoms with Crippen molar-refractivity contribution in [2.24, 2.45) is 0 Å². The first-order valence-electron chi connectivity index (χ1n) is 7.23. The number of carbonyl (C=O) groups excluding carboxylic acids is 1. The minimum absolute atomic E-state index is 0.252. The normalized spacial score (nSPS) is 10.5. The molecule has 0 aromatic heterocycles. The molecule has 0 spiro atoms. The second kappa shape index (κ2) is 8.48. The number of benzene rings is 2. The van der Waals surface area contributed by atoms with E-state index in [2.05, 4.69) is 5.32 Å². The van der Waals surface area contributed by atoms with E-state index >= 15 is 0 Å². The predicted octanol–water partition coefficient (Wildman–Crippen LogP) is 3.22. The lowest BCUT2D eigenvalue weighted by atomic mass is 10.1. The van der Waals surface area contributed by atoms with Crippen molar-refractivity contribution in [3.8, 4) is 5.75 Å². The SMILES string of the molecule is COc1cc(N)ccc1C=CCNC(=O)OCc1ccccc1. The summed E-state index contributed by atoms with van der Waals surface area (Å²) < 4.78 is 10.4. The molecule has 0 aliphatic carbocycles. The fourth-order valence-electron chi connectivity index (χ4n) is 1.97. The molecule has 2 aromatic rings. The van der Waals surface area contributed by atoms with Crippen molar-refractivity contribution in [1.29, 1.82) is 0 Å². The number of rotatable bonds is 6. The number of nitrogen functional groups attached to an aromatic ring is 1. The first-order chi connectivity index (χ1) is 11.2. The van der Waals surface area contributed by atoms with E-state index in [4.69, 9.17) is 15.2 Å². The zero-order valence-electron chi connectivity index (χ0n) is 13.0. The highest BCUT2D eigenvalue weighted by atomic mass is 16.5. The lowest BCUT2D eigenvalue weighted by molar-refractivity contribution is 0.141. The van der Waals surface area contributed by atoms with Gasteiger partial charge in [0, 0.05) is 23.9 Å². The Morgan fingerprint density at radius 2 is 2.00 bits per heavy atom. The van der Waals surface area contributed by atoms with Gasteiger partial charge in [0.25, 0.3) is 0 Å². The summed E-state index contributed by atoms with van der Waals surface area (Å²) in [5.41, 5.74) is 8.18. The van der Waals surface area contributed by atoms with Gasteiger partial charge in [0.05, 0.1) is 7.11 Å². The van der Waals surface area contributed by atoms with E-state index in [0.29, 0.717) is 18.0 Å². The van der Waals surface area contributed by atoms with E-state index in [0.717, 1.165) is 11.1 Å². The van der Waals surface area contributed by atoms with Crippen molar-refractivity contribution in [3.05, 3.63) is 65.7 Å². The van der Waals surface area contributed by atoms with Crippen LogP contribution < -0.4 is 15.8 Å². The van der Waals surface area contributed by atoms with E-state index < -0.39 is 6.09 Å². The molecule has 0 aliphatic rings. The molecule has 3 N–H and O–H groups in total. The number of nitrogens with two attached hydrogens (primary N) is 1. The summed E-state index contributed by atoms with van der Waals surface area (Å²) in [7, 11) is 1.59. The van der Waals surface area contributed by atoms with Crippen LogP contribution in [0.5, 0.6) is 5.75 Å². The van der Waals surface area contributed by atoms with Gasteiger partial charge < -0.3 is 20.5 Å². The molecular formula is C18H20N2O3. The number of nitrogens with one attached hydrogen (secondary N) is 1. The Bertz CT molecular complexity index is 669. The van der Waals surface area contributed by atoms with Crippen LogP contribution in [-0.4, -0.2) is 19.7 Å². The molecule has 2 rings (SSSR count). The average molecular weight is 312 g/mol. The second-order valence-corrected chi connectivity index (χ2v) is 4.85. The minimum atomic E-state index is -0.456. The maximum atomic E-state index is 11.6. The number of amides is 1. The van der Waals surface area contributed by atoms with Crippen molar-refractivity contribution < 1.29 is 14.3 Å². The highest BCUT2D eigenvalue weighted by Gasteiger charge is 2.01. The Morgan fingerprint density at radius 1 is 1.22 bits per heavy atom. The fraction of sp³-hybridized carbons (Fsp3) is 0.167. The van der Waals surface area contributed by atoms with Gasteiger partial charge in [-0.05, 0) is 17.7 Å². The zero-order valence-corrected chi connectivity index (χ0v) is 13.0. The predicted molar refractivity (Wildman–Crippen MR) is 91.1 cm³/mol. The van der Waals surface area contributed by atoms with E-state index in [1.54, 1.807) is 19.2 Å². The molecule has 0 heterocycles. The third kappa shape index (κ3) is 5.39. The van der Waals surface area contributed by atoms with Crippen LogP contribution in [0, 0.1) is 0 Å². The molecule has 0 saturated heterocycles. The molecule has 0 atom stereocenters. The Morgan fingerprint density at radius 3 is 2.74 bits per heavy atom. The smallest absolute Gasteiger partial charge is 0.407 e. The lowest BCUT2D eigenvalue weighted by Gasteiger charge is -2.06. The van der Waals surface area contributed by atoms with Crippen molar-refractivity contribution in [2.45, 2.75) is 6.61 Å². The number of anilines is 1. The van der Waals surface area contributed by atoms with Crippen LogP contribution in [0.1, 0.15) is 11.1 Å². The molecule has 0 saturated carbocycles. The van der Waals surface area contributed by atoms with Crippen LogP contribution in [-0.2, 0) is 11.3 Å². The van der Waals surface area contributed by atoms with Crippen LogP contribution in [0.2, 0.25) is 0 Å². The Balaban J connectivity index is 1.77. The van der Waals surface area contributed by atoms with Crippen LogP contribution in [0.4, 0.5) is 10.5 Å². The summed E-state index contributed by atoms with van der Waals surface area (Å²) in [6.07, 6.45) is 3.22. The van der Waals surface area contributed by atoms with E-state index in [1.165, 1.54) is 0 Å². The molecule has 1 amide bonds. The minimum Gasteiger partial charge on any atom is -0.496 e. The summed E-state index contributed by atoms with van der Waals surface area (Å²) >= 11 is 0. The number of methoxy groups -OCH3 is 1. The van der Waals surface area contributed by atoms with Gasteiger partial charge in [-0.1, -0.05) is 42.5 Å². The number of carbonyl (C=O) groups is 1. The fourth-order valence-corrected chi connectivity index (χ4v) is 1.97.